The van der Waals surface area contributed by atoms with Crippen molar-refractivity contribution in [2.75, 3.05) is 0 Å². The summed E-state index contributed by atoms with van der Waals surface area (Å²) in [5.74, 6) is 0.0119. The highest BCUT2D eigenvalue weighted by Gasteiger charge is 2.21. The number of aryl methyl sites for hydroxylation is 1. The molecule has 0 bridgehead atoms. The molecule has 4 nitrogen and oxygen atoms in total. The Morgan fingerprint density at radius 3 is 2.74 bits per heavy atom. The van der Waals surface area contributed by atoms with Crippen LogP contribution in [0.1, 0.15) is 45.2 Å². The van der Waals surface area contributed by atoms with Crippen LogP contribution in [0.3, 0.4) is 0 Å². The number of carbonyl (C=O) groups is 1. The van der Waals surface area contributed by atoms with Gasteiger partial charge in [-0.2, -0.15) is 0 Å². The molecular weight excluding hydrogens is 286 g/mol. The number of fused-ring (bicyclic) bond motifs is 1. The maximum atomic E-state index is 11.3. The summed E-state index contributed by atoms with van der Waals surface area (Å²) in [5.41, 5.74) is 3.31. The maximum Gasteiger partial charge on any atom is 0.217 e. The number of carbonyl (C=O) groups excluding carboxylic acids is 1. The van der Waals surface area contributed by atoms with Crippen LogP contribution in [0.2, 0.25) is 0 Å². The normalized spacial score (nSPS) is 13.1. The van der Waals surface area contributed by atoms with E-state index in [2.05, 4.69) is 61.5 Å². The van der Waals surface area contributed by atoms with Gasteiger partial charge in [0.2, 0.25) is 5.91 Å². The molecular formula is C19H27N3O. The first-order chi connectivity index (χ1) is 10.8. The van der Waals surface area contributed by atoms with Gasteiger partial charge in [0.05, 0.1) is 5.52 Å². The Bertz CT molecular complexity index is 694. The van der Waals surface area contributed by atoms with Gasteiger partial charge in [0, 0.05) is 36.6 Å². The second kappa shape index (κ2) is 7.09. The van der Waals surface area contributed by atoms with E-state index in [-0.39, 0.29) is 11.4 Å². The topological polar surface area (TPSA) is 54.0 Å². The average Bonchev–Trinajstić information content (AvgIpc) is 2.45. The zero-order valence-electron chi connectivity index (χ0n) is 14.7. The summed E-state index contributed by atoms with van der Waals surface area (Å²) in [4.78, 5) is 15.7. The Morgan fingerprint density at radius 1 is 1.30 bits per heavy atom. The number of pyridine rings is 1. The van der Waals surface area contributed by atoms with Crippen molar-refractivity contribution in [2.24, 2.45) is 0 Å². The largest absolute Gasteiger partial charge is 0.351 e. The fourth-order valence-corrected chi connectivity index (χ4v) is 3.18. The fraction of sp³-hybridized carbons (Fsp3) is 0.474. The Labute approximate surface area is 138 Å². The van der Waals surface area contributed by atoms with Crippen LogP contribution in [0.15, 0.2) is 30.5 Å². The molecule has 2 rings (SSSR count). The first-order valence-corrected chi connectivity index (χ1v) is 8.14. The van der Waals surface area contributed by atoms with E-state index in [1.165, 1.54) is 16.5 Å². The summed E-state index contributed by atoms with van der Waals surface area (Å²) in [6, 6.07) is 8.69. The number of nitrogens with zero attached hydrogens (tertiary/aromatic N) is 1. The molecule has 0 aliphatic carbocycles. The zero-order valence-corrected chi connectivity index (χ0v) is 14.7. The van der Waals surface area contributed by atoms with Crippen molar-refractivity contribution in [3.63, 3.8) is 0 Å². The fourth-order valence-electron chi connectivity index (χ4n) is 3.18. The van der Waals surface area contributed by atoms with Crippen LogP contribution in [0.25, 0.3) is 10.9 Å². The van der Waals surface area contributed by atoms with Crippen molar-refractivity contribution in [1.29, 1.82) is 0 Å². The lowest BCUT2D eigenvalue weighted by Gasteiger charge is -2.29. The molecule has 0 saturated heterocycles. The third-order valence-electron chi connectivity index (χ3n) is 4.03. The summed E-state index contributed by atoms with van der Waals surface area (Å²) in [6.45, 7) is 10.7. The summed E-state index contributed by atoms with van der Waals surface area (Å²) in [6.07, 6.45) is 2.71. The van der Waals surface area contributed by atoms with Crippen LogP contribution < -0.4 is 10.6 Å². The van der Waals surface area contributed by atoms with Gasteiger partial charge in [0.15, 0.2) is 0 Å². The van der Waals surface area contributed by atoms with Gasteiger partial charge in [-0.15, -0.1) is 0 Å². The number of hydrogen-bond acceptors (Lipinski definition) is 3. The molecule has 0 saturated carbocycles. The predicted molar refractivity (Wildman–Crippen MR) is 95.3 cm³/mol. The van der Waals surface area contributed by atoms with E-state index in [1.807, 2.05) is 12.3 Å². The third-order valence-corrected chi connectivity index (χ3v) is 4.03. The Kier molecular flexibility index (Phi) is 5.37. The molecule has 1 aromatic heterocycles. The molecule has 1 aromatic carbocycles. The van der Waals surface area contributed by atoms with Crippen molar-refractivity contribution in [2.45, 2.75) is 59.2 Å². The van der Waals surface area contributed by atoms with Gasteiger partial charge < -0.3 is 10.6 Å². The van der Waals surface area contributed by atoms with Crippen molar-refractivity contribution >= 4 is 16.8 Å². The van der Waals surface area contributed by atoms with Gasteiger partial charge in [-0.3, -0.25) is 9.78 Å². The van der Waals surface area contributed by atoms with Gasteiger partial charge in [-0.25, -0.2) is 0 Å². The second-order valence-electron chi connectivity index (χ2n) is 6.99. The van der Waals surface area contributed by atoms with Gasteiger partial charge in [-0.1, -0.05) is 18.2 Å². The highest BCUT2D eigenvalue weighted by atomic mass is 16.1. The lowest BCUT2D eigenvalue weighted by molar-refractivity contribution is -0.120. The summed E-state index contributed by atoms with van der Waals surface area (Å²) in [7, 11) is 0. The van der Waals surface area contributed by atoms with E-state index in [4.69, 9.17) is 0 Å². The standard InChI is InChI=1S/C19H27N3O/c1-13-8-9-16(17-7-6-10-20-18(13)17)12-21-14(2)11-19(4,5)22-15(3)23/h6-10,14,21H,11-12H2,1-5H3,(H,22,23)/t14-/m1/s1. The Hall–Kier alpha value is -1.94. The van der Waals surface area contributed by atoms with E-state index in [0.29, 0.717) is 6.04 Å². The SMILES string of the molecule is CC(=O)NC(C)(C)C[C@@H](C)NCc1ccc(C)c2ncccc12. The van der Waals surface area contributed by atoms with Crippen LogP contribution in [-0.2, 0) is 11.3 Å². The molecule has 0 radical (unpaired) electrons. The molecule has 2 N–H and O–H groups in total. The van der Waals surface area contributed by atoms with E-state index in [0.717, 1.165) is 18.5 Å². The van der Waals surface area contributed by atoms with Gasteiger partial charge in [0.1, 0.15) is 0 Å². The molecule has 23 heavy (non-hydrogen) atoms. The van der Waals surface area contributed by atoms with Crippen molar-refractivity contribution < 1.29 is 4.79 Å². The van der Waals surface area contributed by atoms with E-state index >= 15 is 0 Å². The van der Waals surface area contributed by atoms with E-state index in [1.54, 1.807) is 6.92 Å². The number of benzene rings is 1. The molecule has 0 unspecified atom stereocenters. The summed E-state index contributed by atoms with van der Waals surface area (Å²) in [5, 5.41) is 7.76. The molecule has 1 heterocycles. The minimum Gasteiger partial charge on any atom is -0.351 e. The minimum atomic E-state index is -0.213. The number of hydrogen-bond donors (Lipinski definition) is 2. The average molecular weight is 313 g/mol. The van der Waals surface area contributed by atoms with Crippen LogP contribution in [-0.4, -0.2) is 22.5 Å². The number of nitrogens with one attached hydrogen (secondary N) is 2. The highest BCUT2D eigenvalue weighted by Crippen LogP contribution is 2.20. The molecule has 0 aliphatic heterocycles. The van der Waals surface area contributed by atoms with Gasteiger partial charge >= 0.3 is 0 Å². The smallest absolute Gasteiger partial charge is 0.217 e. The second-order valence-corrected chi connectivity index (χ2v) is 6.99. The first kappa shape index (κ1) is 17.4. The van der Waals surface area contributed by atoms with Crippen LogP contribution >= 0.6 is 0 Å². The van der Waals surface area contributed by atoms with Crippen molar-refractivity contribution in [1.82, 2.24) is 15.6 Å². The van der Waals surface area contributed by atoms with Crippen molar-refractivity contribution in [3.8, 4) is 0 Å². The summed E-state index contributed by atoms with van der Waals surface area (Å²) >= 11 is 0. The summed E-state index contributed by atoms with van der Waals surface area (Å²) < 4.78 is 0. The molecule has 124 valence electrons. The number of rotatable bonds is 6. The van der Waals surface area contributed by atoms with E-state index in [9.17, 15) is 4.79 Å². The molecule has 0 spiro atoms. The van der Waals surface area contributed by atoms with Crippen LogP contribution in [0.5, 0.6) is 0 Å². The lowest BCUT2D eigenvalue weighted by atomic mass is 9.95. The lowest BCUT2D eigenvalue weighted by Crippen LogP contribution is -2.46. The maximum absolute atomic E-state index is 11.3. The molecule has 2 aromatic rings. The number of amides is 1. The van der Waals surface area contributed by atoms with Crippen molar-refractivity contribution in [3.05, 3.63) is 41.6 Å². The molecule has 0 aliphatic rings. The monoisotopic (exact) mass is 313 g/mol. The quantitative estimate of drug-likeness (QED) is 0.860. The van der Waals surface area contributed by atoms with E-state index < -0.39 is 0 Å². The predicted octanol–water partition coefficient (Wildman–Crippen LogP) is 3.33. The molecule has 4 heteroatoms. The third kappa shape index (κ3) is 4.76. The zero-order chi connectivity index (χ0) is 17.0. The Morgan fingerprint density at radius 2 is 2.04 bits per heavy atom. The first-order valence-electron chi connectivity index (χ1n) is 8.14. The minimum absolute atomic E-state index is 0.0119. The number of aromatic nitrogens is 1. The van der Waals surface area contributed by atoms with Gasteiger partial charge in [-0.05, 0) is 51.3 Å². The molecule has 1 atom stereocenters. The van der Waals surface area contributed by atoms with Crippen LogP contribution in [0.4, 0.5) is 0 Å². The Balaban J connectivity index is 2.04. The van der Waals surface area contributed by atoms with Crippen LogP contribution in [0, 0.1) is 6.92 Å². The molecule has 1 amide bonds. The van der Waals surface area contributed by atoms with Gasteiger partial charge in [0.25, 0.3) is 0 Å². The molecule has 0 fully saturated rings. The highest BCUT2D eigenvalue weighted by molar-refractivity contribution is 5.84.